The predicted octanol–water partition coefficient (Wildman–Crippen LogP) is 5.38. The first-order valence-corrected chi connectivity index (χ1v) is 12.8. The second kappa shape index (κ2) is 14.4. The molecule has 0 heterocycles. The maximum Gasteiger partial charge on any atom is 0.500 e. The van der Waals surface area contributed by atoms with Crippen LogP contribution in [0.3, 0.4) is 0 Å². The molecule has 0 aliphatic rings. The Morgan fingerprint density at radius 3 is 2.23 bits per heavy atom. The number of ether oxygens (including phenoxy) is 2. The Balaban J connectivity index is 2.47. The Morgan fingerprint density at radius 2 is 1.70 bits per heavy atom. The van der Waals surface area contributed by atoms with Gasteiger partial charge in [-0.25, -0.2) is 0 Å². The summed E-state index contributed by atoms with van der Waals surface area (Å²) < 4.78 is 28.7. The van der Waals surface area contributed by atoms with Crippen LogP contribution in [-0.4, -0.2) is 40.7 Å². The minimum absolute atomic E-state index is 0.0855. The number of hydrogen-bond acceptors (Lipinski definition) is 6. The van der Waals surface area contributed by atoms with Crippen LogP contribution in [0.1, 0.15) is 65.0 Å². The van der Waals surface area contributed by atoms with Gasteiger partial charge in [0.2, 0.25) is 0 Å². The lowest BCUT2D eigenvalue weighted by molar-refractivity contribution is -0.145. The van der Waals surface area contributed by atoms with E-state index >= 15 is 0 Å². The molecule has 6 nitrogen and oxygen atoms in total. The Morgan fingerprint density at radius 1 is 1.07 bits per heavy atom. The van der Waals surface area contributed by atoms with Gasteiger partial charge in [0.1, 0.15) is 12.4 Å². The topological polar surface area (TPSA) is 63.2 Å². The highest BCUT2D eigenvalue weighted by Crippen LogP contribution is 2.23. The quantitative estimate of drug-likeness (QED) is 0.196. The smallest absolute Gasteiger partial charge is 0.490 e. The van der Waals surface area contributed by atoms with Crippen molar-refractivity contribution in [3.63, 3.8) is 0 Å². The van der Waals surface area contributed by atoms with Crippen molar-refractivity contribution >= 4 is 20.8 Å². The number of unbranched alkanes of at least 4 members (excludes halogenated alkanes) is 1. The van der Waals surface area contributed by atoms with Gasteiger partial charge in [-0.1, -0.05) is 18.7 Å². The number of esters is 1. The van der Waals surface area contributed by atoms with Gasteiger partial charge in [0.25, 0.3) is 0 Å². The van der Waals surface area contributed by atoms with Crippen molar-refractivity contribution in [2.75, 3.05) is 19.8 Å². The van der Waals surface area contributed by atoms with Crippen molar-refractivity contribution in [1.82, 2.24) is 0 Å². The molecule has 0 saturated heterocycles. The van der Waals surface area contributed by atoms with E-state index in [0.717, 1.165) is 23.3 Å². The van der Waals surface area contributed by atoms with Crippen LogP contribution in [0, 0.1) is 0 Å². The lowest BCUT2D eigenvalue weighted by Gasteiger charge is -2.28. The van der Waals surface area contributed by atoms with Gasteiger partial charge < -0.3 is 22.8 Å². The maximum absolute atomic E-state index is 12.1. The molecule has 0 bridgehead atoms. The second-order valence-corrected chi connectivity index (χ2v) is 9.82. The fraction of sp³-hybridized carbons (Fsp3) is 0.609. The summed E-state index contributed by atoms with van der Waals surface area (Å²) in [6.45, 7) is 15.5. The highest BCUT2D eigenvalue weighted by Gasteiger charge is 2.39. The van der Waals surface area contributed by atoms with E-state index in [4.69, 9.17) is 22.8 Å². The van der Waals surface area contributed by atoms with Gasteiger partial charge in [0.05, 0.1) is 6.10 Å². The van der Waals surface area contributed by atoms with Gasteiger partial charge in [-0.05, 0) is 65.2 Å². The zero-order chi connectivity index (χ0) is 22.4. The minimum atomic E-state index is -2.64. The summed E-state index contributed by atoms with van der Waals surface area (Å²) in [5, 5.41) is 0. The van der Waals surface area contributed by atoms with E-state index in [1.165, 1.54) is 0 Å². The fourth-order valence-electron chi connectivity index (χ4n) is 3.06. The van der Waals surface area contributed by atoms with Crippen molar-refractivity contribution in [3.8, 4) is 5.75 Å². The summed E-state index contributed by atoms with van der Waals surface area (Å²) in [6, 6.07) is 6.43. The van der Waals surface area contributed by atoms with E-state index in [2.05, 4.69) is 6.58 Å². The van der Waals surface area contributed by atoms with Crippen molar-refractivity contribution < 1.29 is 27.5 Å². The minimum Gasteiger partial charge on any atom is -0.490 e. The Bertz CT molecular complexity index is 630. The van der Waals surface area contributed by atoms with Crippen LogP contribution in [0.15, 0.2) is 24.8 Å². The van der Waals surface area contributed by atoms with Crippen LogP contribution in [0.25, 0.3) is 6.08 Å². The molecule has 170 valence electrons. The third kappa shape index (κ3) is 9.43. The van der Waals surface area contributed by atoms with Crippen LogP contribution in [0.2, 0.25) is 6.04 Å². The van der Waals surface area contributed by atoms with E-state index in [-0.39, 0.29) is 18.7 Å². The molecule has 0 unspecified atom stereocenters. The van der Waals surface area contributed by atoms with E-state index in [1.807, 2.05) is 52.8 Å². The average molecular weight is 439 g/mol. The van der Waals surface area contributed by atoms with Crippen LogP contribution < -0.4 is 4.74 Å². The molecule has 0 fully saturated rings. The van der Waals surface area contributed by atoms with Crippen LogP contribution in [0.4, 0.5) is 0 Å². The summed E-state index contributed by atoms with van der Waals surface area (Å²) in [6.07, 6.45) is 3.69. The fourth-order valence-corrected chi connectivity index (χ4v) is 5.74. The zero-order valence-electron chi connectivity index (χ0n) is 19.2. The summed E-state index contributed by atoms with van der Waals surface area (Å²) in [4.78, 5) is 12.1. The average Bonchev–Trinajstić information content (AvgIpc) is 2.70. The van der Waals surface area contributed by atoms with Crippen molar-refractivity contribution in [2.45, 2.75) is 72.6 Å². The van der Waals surface area contributed by atoms with Crippen LogP contribution in [-0.2, 0) is 29.4 Å². The third-order valence-electron chi connectivity index (χ3n) is 4.26. The molecule has 0 aliphatic carbocycles. The molecule has 1 aromatic rings. The summed E-state index contributed by atoms with van der Waals surface area (Å²) >= 11 is 0. The first-order valence-electron chi connectivity index (χ1n) is 10.9. The number of benzene rings is 1. The molecule has 0 aliphatic heterocycles. The predicted molar refractivity (Wildman–Crippen MR) is 121 cm³/mol. The molecule has 0 aromatic heterocycles. The summed E-state index contributed by atoms with van der Waals surface area (Å²) in [5.41, 5.74) is 1.80. The third-order valence-corrected chi connectivity index (χ3v) is 7.41. The SMILES string of the molecule is C=Cc1cc(COC(=O)CCCC[Si](OCC)(OCC)OCC)ccc1OC(C)C. The summed E-state index contributed by atoms with van der Waals surface area (Å²) in [7, 11) is -2.64. The van der Waals surface area contributed by atoms with Crippen molar-refractivity contribution in [2.24, 2.45) is 0 Å². The largest absolute Gasteiger partial charge is 0.500 e. The van der Waals surface area contributed by atoms with Gasteiger partial charge in [-0.2, -0.15) is 0 Å². The molecule has 0 amide bonds. The van der Waals surface area contributed by atoms with Crippen molar-refractivity contribution in [1.29, 1.82) is 0 Å². The number of carbonyl (C=O) groups is 1. The Kier molecular flexibility index (Phi) is 12.6. The molecule has 0 radical (unpaired) electrons. The molecule has 0 spiro atoms. The van der Waals surface area contributed by atoms with Crippen LogP contribution in [0.5, 0.6) is 5.75 Å². The first-order chi connectivity index (χ1) is 14.4. The molecule has 30 heavy (non-hydrogen) atoms. The number of hydrogen-bond donors (Lipinski definition) is 0. The number of rotatable bonds is 16. The van der Waals surface area contributed by atoms with Gasteiger partial charge in [0, 0.05) is 37.8 Å². The number of carbonyl (C=O) groups excluding carboxylic acids is 1. The van der Waals surface area contributed by atoms with Gasteiger partial charge >= 0.3 is 14.8 Å². The normalized spacial score (nSPS) is 11.5. The summed E-state index contributed by atoms with van der Waals surface area (Å²) in [5.74, 6) is 0.565. The van der Waals surface area contributed by atoms with E-state index in [1.54, 1.807) is 6.08 Å². The Hall–Kier alpha value is -1.67. The molecule has 1 rings (SSSR count). The second-order valence-electron chi connectivity index (χ2n) is 7.09. The van der Waals surface area contributed by atoms with E-state index in [9.17, 15) is 4.79 Å². The van der Waals surface area contributed by atoms with Gasteiger partial charge in [0.15, 0.2) is 0 Å². The maximum atomic E-state index is 12.1. The first kappa shape index (κ1) is 26.4. The Labute approximate surface area is 182 Å². The van der Waals surface area contributed by atoms with Crippen molar-refractivity contribution in [3.05, 3.63) is 35.9 Å². The molecule has 0 saturated carbocycles. The van der Waals surface area contributed by atoms with E-state index in [0.29, 0.717) is 38.7 Å². The van der Waals surface area contributed by atoms with Gasteiger partial charge in [-0.15, -0.1) is 0 Å². The molecular weight excluding hydrogens is 400 g/mol. The monoisotopic (exact) mass is 438 g/mol. The van der Waals surface area contributed by atoms with E-state index < -0.39 is 8.80 Å². The molecular formula is C23H38O6Si. The molecule has 7 heteroatoms. The lowest BCUT2D eigenvalue weighted by atomic mass is 10.1. The molecule has 0 N–H and O–H groups in total. The molecule has 0 atom stereocenters. The standard InChI is InChI=1S/C23H38O6Si/c1-7-21-17-20(14-15-22(21)29-19(5)6)18-25-23(24)13-11-12-16-30(26-8-2,27-9-3)28-10-4/h7,14-15,17,19H,1,8-13,16,18H2,2-6H3. The highest BCUT2D eigenvalue weighted by atomic mass is 28.4. The molecule has 1 aromatic carbocycles. The van der Waals surface area contributed by atoms with Gasteiger partial charge in [-0.3, -0.25) is 4.79 Å². The van der Waals surface area contributed by atoms with Crippen LogP contribution >= 0.6 is 0 Å². The highest BCUT2D eigenvalue weighted by molar-refractivity contribution is 6.60. The lowest BCUT2D eigenvalue weighted by Crippen LogP contribution is -2.45. The zero-order valence-corrected chi connectivity index (χ0v) is 20.2.